The van der Waals surface area contributed by atoms with E-state index in [9.17, 15) is 14.9 Å². The van der Waals surface area contributed by atoms with Crippen LogP contribution in [0.2, 0.25) is 0 Å². The van der Waals surface area contributed by atoms with Gasteiger partial charge in [0.2, 0.25) is 0 Å². The minimum atomic E-state index is -0.968. The molecule has 0 heterocycles. The summed E-state index contributed by atoms with van der Waals surface area (Å²) in [6.07, 6.45) is -0.306. The first kappa shape index (κ1) is 14.7. The van der Waals surface area contributed by atoms with Crippen LogP contribution in [0.4, 0.5) is 11.4 Å². The largest absolute Gasteiger partial charge is 0.484 e. The van der Waals surface area contributed by atoms with E-state index in [4.69, 9.17) is 9.84 Å². The van der Waals surface area contributed by atoms with Gasteiger partial charge in [-0.2, -0.15) is 0 Å². The smallest absolute Gasteiger partial charge is 0.333 e. The second kappa shape index (κ2) is 6.58. The molecule has 7 heteroatoms. The lowest BCUT2D eigenvalue weighted by atomic mass is 10.2. The maximum atomic E-state index is 11.1. The summed E-state index contributed by atoms with van der Waals surface area (Å²) in [6.45, 7) is 3.66. The summed E-state index contributed by atoms with van der Waals surface area (Å²) in [5.41, 5.74) is 0.0750. The number of hydrogen-bond donors (Lipinski definition) is 2. The fourth-order valence-electron chi connectivity index (χ4n) is 1.51. The van der Waals surface area contributed by atoms with Crippen molar-refractivity contribution in [2.24, 2.45) is 0 Å². The van der Waals surface area contributed by atoms with E-state index in [1.165, 1.54) is 12.1 Å². The van der Waals surface area contributed by atoms with Crippen molar-refractivity contribution in [2.45, 2.75) is 26.4 Å². The zero-order valence-corrected chi connectivity index (χ0v) is 10.8. The van der Waals surface area contributed by atoms with Gasteiger partial charge in [0.15, 0.2) is 5.75 Å². The summed E-state index contributed by atoms with van der Waals surface area (Å²) < 4.78 is 5.38. The highest BCUT2D eigenvalue weighted by molar-refractivity contribution is 5.70. The average Bonchev–Trinajstić information content (AvgIpc) is 2.27. The molecular formula is C12H16N2O5. The summed E-state index contributed by atoms with van der Waals surface area (Å²) in [7, 11) is 0. The molecule has 1 aromatic carbocycles. The summed E-state index contributed by atoms with van der Waals surface area (Å²) >= 11 is 0. The minimum absolute atomic E-state index is 0.112. The van der Waals surface area contributed by atoms with Crippen molar-refractivity contribution in [1.29, 1.82) is 0 Å². The van der Waals surface area contributed by atoms with E-state index in [-0.39, 0.29) is 36.2 Å². The van der Waals surface area contributed by atoms with E-state index in [0.29, 0.717) is 0 Å². The third-order valence-corrected chi connectivity index (χ3v) is 2.20. The molecule has 0 fully saturated rings. The Morgan fingerprint density at radius 2 is 2.21 bits per heavy atom. The van der Waals surface area contributed by atoms with Crippen LogP contribution in [0.15, 0.2) is 18.2 Å². The van der Waals surface area contributed by atoms with E-state index >= 15 is 0 Å². The Hall–Kier alpha value is -2.31. The van der Waals surface area contributed by atoms with Gasteiger partial charge in [-0.25, -0.2) is 0 Å². The topological polar surface area (TPSA) is 102 Å². The Morgan fingerprint density at radius 3 is 2.74 bits per heavy atom. The molecular weight excluding hydrogens is 252 g/mol. The van der Waals surface area contributed by atoms with E-state index < -0.39 is 10.9 Å². The Balaban J connectivity index is 2.96. The number of hydrogen-bond acceptors (Lipinski definition) is 5. The summed E-state index contributed by atoms with van der Waals surface area (Å²) in [5, 5.41) is 22.4. The fraction of sp³-hybridized carbons (Fsp3) is 0.417. The Bertz CT molecular complexity index is 473. The number of aliphatic carboxylic acids is 1. The van der Waals surface area contributed by atoms with Gasteiger partial charge >= 0.3 is 11.7 Å². The molecule has 0 amide bonds. The van der Waals surface area contributed by atoms with Gasteiger partial charge in [0.25, 0.3) is 0 Å². The third kappa shape index (κ3) is 4.46. The van der Waals surface area contributed by atoms with Crippen LogP contribution < -0.4 is 10.1 Å². The number of carbonyl (C=O) groups is 1. The summed E-state index contributed by atoms with van der Waals surface area (Å²) in [5.74, 6) is -0.801. The number of nitro groups is 1. The molecule has 7 nitrogen and oxygen atoms in total. The second-order valence-electron chi connectivity index (χ2n) is 4.15. The first-order valence-corrected chi connectivity index (χ1v) is 5.81. The number of carboxylic acid groups (broad SMARTS) is 1. The molecule has 0 aliphatic heterocycles. The molecule has 0 aliphatic rings. The molecule has 0 aliphatic carbocycles. The summed E-state index contributed by atoms with van der Waals surface area (Å²) in [6, 6.07) is 4.65. The van der Waals surface area contributed by atoms with E-state index in [1.54, 1.807) is 19.9 Å². The molecule has 1 aromatic rings. The van der Waals surface area contributed by atoms with Crippen molar-refractivity contribution in [3.8, 4) is 5.75 Å². The van der Waals surface area contributed by atoms with Crippen molar-refractivity contribution >= 4 is 17.3 Å². The zero-order valence-electron chi connectivity index (χ0n) is 10.8. The van der Waals surface area contributed by atoms with Crippen molar-refractivity contribution < 1.29 is 19.6 Å². The SMILES string of the molecule is CC(C)Oc1cccc(NCCC(=O)O)c1[N+](=O)[O-]. The lowest BCUT2D eigenvalue weighted by molar-refractivity contribution is -0.385. The second-order valence-corrected chi connectivity index (χ2v) is 4.15. The molecule has 1 rings (SSSR count). The maximum absolute atomic E-state index is 11.1. The normalized spacial score (nSPS) is 10.3. The Labute approximate surface area is 110 Å². The van der Waals surface area contributed by atoms with Gasteiger partial charge in [-0.05, 0) is 26.0 Å². The quantitative estimate of drug-likeness (QED) is 0.581. The number of nitro benzene ring substituents is 1. The number of carboxylic acids is 1. The van der Waals surface area contributed by atoms with Crippen LogP contribution in [0, 0.1) is 10.1 Å². The third-order valence-electron chi connectivity index (χ3n) is 2.20. The van der Waals surface area contributed by atoms with Gasteiger partial charge in [0, 0.05) is 6.54 Å². The number of ether oxygens (including phenoxy) is 1. The van der Waals surface area contributed by atoms with Gasteiger partial charge in [-0.15, -0.1) is 0 Å². The molecule has 2 N–H and O–H groups in total. The molecule has 0 saturated heterocycles. The minimum Gasteiger partial charge on any atom is -0.484 e. The van der Waals surface area contributed by atoms with Crippen LogP contribution in [0.5, 0.6) is 5.75 Å². The monoisotopic (exact) mass is 268 g/mol. The standard InChI is InChI=1S/C12H16N2O5/c1-8(2)19-10-5-3-4-9(12(10)14(17)18)13-7-6-11(15)16/h3-5,8,13H,6-7H2,1-2H3,(H,15,16). The number of rotatable bonds is 7. The molecule has 0 atom stereocenters. The van der Waals surface area contributed by atoms with Crippen LogP contribution in [0.3, 0.4) is 0 Å². The van der Waals surface area contributed by atoms with Crippen molar-refractivity contribution in [2.75, 3.05) is 11.9 Å². The number of para-hydroxylation sites is 1. The van der Waals surface area contributed by atoms with Crippen LogP contribution in [0.1, 0.15) is 20.3 Å². The van der Waals surface area contributed by atoms with Gasteiger partial charge in [-0.3, -0.25) is 14.9 Å². The van der Waals surface area contributed by atoms with Crippen LogP contribution in [0.25, 0.3) is 0 Å². The lowest BCUT2D eigenvalue weighted by Gasteiger charge is -2.12. The highest BCUT2D eigenvalue weighted by Crippen LogP contribution is 2.35. The summed E-state index contributed by atoms with van der Waals surface area (Å²) in [4.78, 5) is 21.0. The first-order valence-electron chi connectivity index (χ1n) is 5.81. The van der Waals surface area contributed by atoms with Crippen LogP contribution in [-0.2, 0) is 4.79 Å². The predicted molar refractivity (Wildman–Crippen MR) is 69.6 cm³/mol. The average molecular weight is 268 g/mol. The molecule has 0 saturated carbocycles. The highest BCUT2D eigenvalue weighted by Gasteiger charge is 2.21. The van der Waals surface area contributed by atoms with E-state index in [0.717, 1.165) is 0 Å². The van der Waals surface area contributed by atoms with E-state index in [1.807, 2.05) is 0 Å². The van der Waals surface area contributed by atoms with Crippen LogP contribution >= 0.6 is 0 Å². The highest BCUT2D eigenvalue weighted by atomic mass is 16.6. The maximum Gasteiger partial charge on any atom is 0.333 e. The van der Waals surface area contributed by atoms with Crippen molar-refractivity contribution in [1.82, 2.24) is 0 Å². The molecule has 0 unspecified atom stereocenters. The van der Waals surface area contributed by atoms with Gasteiger partial charge in [0.1, 0.15) is 5.69 Å². The number of anilines is 1. The van der Waals surface area contributed by atoms with Crippen molar-refractivity contribution in [3.05, 3.63) is 28.3 Å². The van der Waals surface area contributed by atoms with Gasteiger partial charge in [-0.1, -0.05) is 6.07 Å². The Kier molecular flexibility index (Phi) is 5.11. The molecule has 0 spiro atoms. The lowest BCUT2D eigenvalue weighted by Crippen LogP contribution is -2.11. The molecule has 0 bridgehead atoms. The Morgan fingerprint density at radius 1 is 1.53 bits per heavy atom. The number of benzene rings is 1. The zero-order chi connectivity index (χ0) is 14.4. The first-order chi connectivity index (χ1) is 8.91. The predicted octanol–water partition coefficient (Wildman–Crippen LogP) is 2.27. The van der Waals surface area contributed by atoms with Gasteiger partial charge in [0.05, 0.1) is 17.4 Å². The fourth-order valence-corrected chi connectivity index (χ4v) is 1.51. The molecule has 104 valence electrons. The van der Waals surface area contributed by atoms with Crippen LogP contribution in [-0.4, -0.2) is 28.6 Å². The number of nitrogens with zero attached hydrogens (tertiary/aromatic N) is 1. The van der Waals surface area contributed by atoms with Gasteiger partial charge < -0.3 is 15.2 Å². The van der Waals surface area contributed by atoms with E-state index in [2.05, 4.69) is 5.32 Å². The number of nitrogens with one attached hydrogen (secondary N) is 1. The molecule has 19 heavy (non-hydrogen) atoms. The molecule has 0 radical (unpaired) electrons. The molecule has 0 aromatic heterocycles. The van der Waals surface area contributed by atoms with Crippen molar-refractivity contribution in [3.63, 3.8) is 0 Å².